The van der Waals surface area contributed by atoms with E-state index >= 15 is 0 Å². The van der Waals surface area contributed by atoms with Gasteiger partial charge in [-0.05, 0) is 62.4 Å². The van der Waals surface area contributed by atoms with Crippen LogP contribution in [0, 0.1) is 11.2 Å². The summed E-state index contributed by atoms with van der Waals surface area (Å²) in [6.07, 6.45) is 6.03. The maximum absolute atomic E-state index is 13.8. The summed E-state index contributed by atoms with van der Waals surface area (Å²) >= 11 is 0. The van der Waals surface area contributed by atoms with E-state index in [1.54, 1.807) is 16.8 Å². The summed E-state index contributed by atoms with van der Waals surface area (Å²) in [7, 11) is 0. The van der Waals surface area contributed by atoms with Crippen LogP contribution in [0.2, 0.25) is 0 Å². The summed E-state index contributed by atoms with van der Waals surface area (Å²) in [5.41, 5.74) is 1.86. The first-order valence-electron chi connectivity index (χ1n) is 8.33. The molecule has 0 radical (unpaired) electrons. The third-order valence-electron chi connectivity index (χ3n) is 5.38. The van der Waals surface area contributed by atoms with E-state index in [0.717, 1.165) is 51.0 Å². The Morgan fingerprint density at radius 3 is 2.61 bits per heavy atom. The van der Waals surface area contributed by atoms with Gasteiger partial charge in [0.05, 0.1) is 11.8 Å². The Bertz CT molecular complexity index is 683. The third kappa shape index (κ3) is 2.91. The highest BCUT2D eigenvalue weighted by atomic mass is 19.1. The zero-order valence-electron chi connectivity index (χ0n) is 13.2. The average molecular weight is 315 g/mol. The number of aliphatic hydroxyl groups is 1. The fourth-order valence-corrected chi connectivity index (χ4v) is 3.98. The molecule has 1 aliphatic carbocycles. The van der Waals surface area contributed by atoms with Crippen LogP contribution < -0.4 is 0 Å². The van der Waals surface area contributed by atoms with Crippen LogP contribution >= 0.6 is 0 Å². The van der Waals surface area contributed by atoms with E-state index in [2.05, 4.69) is 10.00 Å². The van der Waals surface area contributed by atoms with Gasteiger partial charge in [-0.1, -0.05) is 12.1 Å². The first-order chi connectivity index (χ1) is 11.1. The molecule has 1 aromatic heterocycles. The molecule has 2 aliphatic rings. The molecule has 0 bridgehead atoms. The standard InChI is InChI=1S/C18H22FN3O/c19-16-3-1-2-4-17(16)22-8-5-14(20-22)13-21-9-6-18(7-10-21)11-15(23)12-18/h1-5,8,15,23H,6-7,9-13H2. The molecule has 5 heteroatoms. The molecule has 2 heterocycles. The van der Waals surface area contributed by atoms with Crippen LogP contribution in [0.25, 0.3) is 5.69 Å². The molecule has 0 atom stereocenters. The molecule has 1 spiro atoms. The Balaban J connectivity index is 1.38. The van der Waals surface area contributed by atoms with Gasteiger partial charge in [0.15, 0.2) is 0 Å². The number of hydrogen-bond donors (Lipinski definition) is 1. The van der Waals surface area contributed by atoms with Gasteiger partial charge in [-0.3, -0.25) is 4.90 Å². The lowest BCUT2D eigenvalue weighted by Crippen LogP contribution is -2.48. The predicted molar refractivity (Wildman–Crippen MR) is 85.7 cm³/mol. The van der Waals surface area contributed by atoms with Crippen LogP contribution in [0.1, 0.15) is 31.4 Å². The number of likely N-dealkylation sites (tertiary alicyclic amines) is 1. The summed E-state index contributed by atoms with van der Waals surface area (Å²) in [6, 6.07) is 8.65. The minimum atomic E-state index is -0.259. The van der Waals surface area contributed by atoms with Crippen molar-refractivity contribution in [2.75, 3.05) is 13.1 Å². The molecule has 23 heavy (non-hydrogen) atoms. The smallest absolute Gasteiger partial charge is 0.148 e. The van der Waals surface area contributed by atoms with Crippen molar-refractivity contribution >= 4 is 0 Å². The molecule has 1 aromatic carbocycles. The molecule has 0 amide bonds. The molecule has 2 fully saturated rings. The molecule has 1 N–H and O–H groups in total. The zero-order valence-corrected chi connectivity index (χ0v) is 13.2. The maximum atomic E-state index is 13.8. The van der Waals surface area contributed by atoms with E-state index in [9.17, 15) is 9.50 Å². The Labute approximate surface area is 135 Å². The van der Waals surface area contributed by atoms with E-state index < -0.39 is 0 Å². The Morgan fingerprint density at radius 1 is 1.17 bits per heavy atom. The number of para-hydroxylation sites is 1. The number of aromatic nitrogens is 2. The number of nitrogens with zero attached hydrogens (tertiary/aromatic N) is 3. The number of benzene rings is 1. The fraction of sp³-hybridized carbons (Fsp3) is 0.500. The molecule has 4 rings (SSSR count). The van der Waals surface area contributed by atoms with Crippen molar-refractivity contribution in [2.45, 2.75) is 38.3 Å². The lowest BCUT2D eigenvalue weighted by atomic mass is 9.61. The molecule has 2 aromatic rings. The average Bonchev–Trinajstić information content (AvgIpc) is 2.97. The molecule has 1 saturated heterocycles. The number of hydrogen-bond acceptors (Lipinski definition) is 3. The van der Waals surface area contributed by atoms with Crippen molar-refractivity contribution in [1.82, 2.24) is 14.7 Å². The van der Waals surface area contributed by atoms with E-state index in [0.29, 0.717) is 11.1 Å². The van der Waals surface area contributed by atoms with Gasteiger partial charge in [0, 0.05) is 12.7 Å². The first kappa shape index (κ1) is 14.8. The fourth-order valence-electron chi connectivity index (χ4n) is 3.98. The molecule has 1 aliphatic heterocycles. The van der Waals surface area contributed by atoms with Crippen LogP contribution in [0.4, 0.5) is 4.39 Å². The lowest BCUT2D eigenvalue weighted by Gasteiger charge is -2.50. The number of rotatable bonds is 3. The summed E-state index contributed by atoms with van der Waals surface area (Å²) in [4.78, 5) is 2.41. The number of aliphatic hydroxyl groups excluding tert-OH is 1. The first-order valence-corrected chi connectivity index (χ1v) is 8.33. The maximum Gasteiger partial charge on any atom is 0.148 e. The largest absolute Gasteiger partial charge is 0.393 e. The number of halogens is 1. The minimum Gasteiger partial charge on any atom is -0.393 e. The Morgan fingerprint density at radius 2 is 1.91 bits per heavy atom. The predicted octanol–water partition coefficient (Wildman–Crippen LogP) is 2.75. The SMILES string of the molecule is OC1CC2(CCN(Cc3ccn(-c4ccccc4F)n3)CC2)C1. The van der Waals surface area contributed by atoms with E-state index in [4.69, 9.17) is 0 Å². The van der Waals surface area contributed by atoms with Crippen molar-refractivity contribution in [3.05, 3.63) is 48.0 Å². The molecule has 4 nitrogen and oxygen atoms in total. The molecule has 0 unspecified atom stereocenters. The Hall–Kier alpha value is -1.72. The molecule has 122 valence electrons. The highest BCUT2D eigenvalue weighted by Crippen LogP contribution is 2.49. The summed E-state index contributed by atoms with van der Waals surface area (Å²) in [6.45, 7) is 2.92. The topological polar surface area (TPSA) is 41.3 Å². The van der Waals surface area contributed by atoms with Crippen LogP contribution in [-0.2, 0) is 6.54 Å². The van der Waals surface area contributed by atoms with Gasteiger partial charge in [0.1, 0.15) is 11.5 Å². The van der Waals surface area contributed by atoms with Gasteiger partial charge >= 0.3 is 0 Å². The van der Waals surface area contributed by atoms with Crippen molar-refractivity contribution in [2.24, 2.45) is 5.41 Å². The number of piperidine rings is 1. The second-order valence-electron chi connectivity index (χ2n) is 7.04. The van der Waals surface area contributed by atoms with E-state index in [1.165, 1.54) is 6.07 Å². The third-order valence-corrected chi connectivity index (χ3v) is 5.38. The van der Waals surface area contributed by atoms with Crippen LogP contribution in [0.3, 0.4) is 0 Å². The van der Waals surface area contributed by atoms with Gasteiger partial charge in [-0.25, -0.2) is 9.07 Å². The molecule has 1 saturated carbocycles. The van der Waals surface area contributed by atoms with Crippen molar-refractivity contribution in [3.63, 3.8) is 0 Å². The Kier molecular flexibility index (Phi) is 3.70. The molecular weight excluding hydrogens is 293 g/mol. The van der Waals surface area contributed by atoms with Gasteiger partial charge in [-0.15, -0.1) is 0 Å². The van der Waals surface area contributed by atoms with Crippen LogP contribution in [0.15, 0.2) is 36.5 Å². The van der Waals surface area contributed by atoms with Crippen LogP contribution in [-0.4, -0.2) is 39.0 Å². The second-order valence-corrected chi connectivity index (χ2v) is 7.04. The second kappa shape index (κ2) is 5.73. The summed E-state index contributed by atoms with van der Waals surface area (Å²) < 4.78 is 15.4. The minimum absolute atomic E-state index is 0.0713. The quantitative estimate of drug-likeness (QED) is 0.947. The van der Waals surface area contributed by atoms with Crippen molar-refractivity contribution in [3.8, 4) is 5.69 Å². The van der Waals surface area contributed by atoms with Gasteiger partial charge in [-0.2, -0.15) is 5.10 Å². The monoisotopic (exact) mass is 315 g/mol. The zero-order chi connectivity index (χ0) is 15.9. The van der Waals surface area contributed by atoms with E-state index in [-0.39, 0.29) is 11.9 Å². The van der Waals surface area contributed by atoms with Gasteiger partial charge in [0.25, 0.3) is 0 Å². The van der Waals surface area contributed by atoms with Crippen molar-refractivity contribution in [1.29, 1.82) is 0 Å². The van der Waals surface area contributed by atoms with E-state index in [1.807, 2.05) is 18.3 Å². The highest BCUT2D eigenvalue weighted by Gasteiger charge is 2.44. The highest BCUT2D eigenvalue weighted by molar-refractivity contribution is 5.32. The summed E-state index contributed by atoms with van der Waals surface area (Å²) in [5.74, 6) is -0.259. The van der Waals surface area contributed by atoms with Gasteiger partial charge < -0.3 is 5.11 Å². The van der Waals surface area contributed by atoms with Gasteiger partial charge in [0.2, 0.25) is 0 Å². The molecular formula is C18H22FN3O. The lowest BCUT2D eigenvalue weighted by molar-refractivity contribution is -0.0691. The van der Waals surface area contributed by atoms with Crippen molar-refractivity contribution < 1.29 is 9.50 Å². The van der Waals surface area contributed by atoms with Crippen LogP contribution in [0.5, 0.6) is 0 Å². The normalized spacial score (nSPS) is 21.5. The summed E-state index contributed by atoms with van der Waals surface area (Å²) in [5, 5.41) is 14.1.